The van der Waals surface area contributed by atoms with Crippen molar-refractivity contribution in [2.24, 2.45) is 23.7 Å². The van der Waals surface area contributed by atoms with E-state index in [0.29, 0.717) is 56.1 Å². The van der Waals surface area contributed by atoms with Crippen LogP contribution in [0.4, 0.5) is 0 Å². The van der Waals surface area contributed by atoms with Gasteiger partial charge in [-0.25, -0.2) is 0 Å². The Kier molecular flexibility index (Phi) is 26.7. The van der Waals surface area contributed by atoms with E-state index in [1.807, 2.05) is 11.8 Å². The molecule has 2 aliphatic heterocycles. The minimum absolute atomic E-state index is 0. The third-order valence-electron chi connectivity index (χ3n) is 18.3. The molecule has 17 nitrogen and oxygen atoms in total. The summed E-state index contributed by atoms with van der Waals surface area (Å²) in [5.74, 6) is -0.686. The molecule has 4 aliphatic carbocycles. The molecule has 0 spiro atoms. The van der Waals surface area contributed by atoms with E-state index in [-0.39, 0.29) is 109 Å². The Morgan fingerprint density at radius 1 is 0.506 bits per heavy atom. The summed E-state index contributed by atoms with van der Waals surface area (Å²) in [4.78, 5) is 101. The quantitative estimate of drug-likeness (QED) is 0.0647. The topological polar surface area (TPSA) is 222 Å². The molecule has 4 saturated carbocycles. The fourth-order valence-corrected chi connectivity index (χ4v) is 13.3. The predicted molar refractivity (Wildman–Crippen MR) is 306 cm³/mol. The number of halogens is 2. The fourth-order valence-electron chi connectivity index (χ4n) is 13.3. The van der Waals surface area contributed by atoms with E-state index in [9.17, 15) is 33.6 Å². The van der Waals surface area contributed by atoms with Crippen molar-refractivity contribution >= 4 is 66.2 Å². The Labute approximate surface area is 472 Å². The number of likely N-dealkylation sites (tertiary alicyclic amines) is 2. The van der Waals surface area contributed by atoms with Gasteiger partial charge in [-0.2, -0.15) is 0 Å². The highest BCUT2D eigenvalue weighted by molar-refractivity contribution is 6.00. The standard InChI is InChI=1S/C58H94N10O7.2ClH/c1-38(59-3)52(69)65-50(42-24-13-7-14-25-42)57(74)67-32-18-30-46(67)35-61-47(40-20-9-5-10-21-40)36-62-54(71)44-28-17-29-45(34-44)55(72)63-37-48(41-22-11-6-12-23-41)64-56(73)49-31-19-33-68(49)58(75)51(43-26-15-8-16-27-43)66-53(70)39(2)60-4;;/h17,28-29,34,38-43,46-51,59-61H,5-16,18-27,30-33,35-37H2,1-4H3,(H,62,71)(H,63,72)(H,64,73)(H,65,69)(H,66,70);2*1H/t38-,39-,46?,47+,48+,49?,50-,51-;;/m0../s1. The van der Waals surface area contributed by atoms with Gasteiger partial charge in [0, 0.05) is 62.0 Å². The van der Waals surface area contributed by atoms with Gasteiger partial charge in [0.1, 0.15) is 18.1 Å². The first-order valence-corrected chi connectivity index (χ1v) is 29.6. The molecule has 8 N–H and O–H groups in total. The molecule has 0 aromatic heterocycles. The molecule has 1 aromatic carbocycles. The van der Waals surface area contributed by atoms with Crippen molar-refractivity contribution in [2.45, 2.75) is 216 Å². The minimum atomic E-state index is -0.686. The Balaban J connectivity index is 0.00000547. The summed E-state index contributed by atoms with van der Waals surface area (Å²) in [5, 5.41) is 25.7. The highest BCUT2D eigenvalue weighted by Gasteiger charge is 2.43. The van der Waals surface area contributed by atoms with Crippen LogP contribution in [0.15, 0.2) is 24.3 Å². The van der Waals surface area contributed by atoms with Crippen LogP contribution < -0.4 is 42.5 Å². The molecule has 0 bridgehead atoms. The molecule has 6 aliphatic rings. The molecule has 6 fully saturated rings. The number of hydrogen-bond acceptors (Lipinski definition) is 10. The highest BCUT2D eigenvalue weighted by Crippen LogP contribution is 2.33. The molecular formula is C58H96Cl2N10O7. The number of carbonyl (C=O) groups is 7. The van der Waals surface area contributed by atoms with E-state index in [4.69, 9.17) is 0 Å². The number of benzene rings is 1. The zero-order valence-corrected chi connectivity index (χ0v) is 48.4. The fraction of sp³-hybridized carbons (Fsp3) is 0.776. The van der Waals surface area contributed by atoms with Crippen LogP contribution in [-0.2, 0) is 24.0 Å². The van der Waals surface area contributed by atoms with Crippen LogP contribution in [0.2, 0.25) is 0 Å². The van der Waals surface area contributed by atoms with Crippen molar-refractivity contribution in [2.75, 3.05) is 46.8 Å². The summed E-state index contributed by atoms with van der Waals surface area (Å²) in [6.07, 6.45) is 23.7. The first kappa shape index (κ1) is 63.8. The molecule has 2 saturated heterocycles. The Hall–Kier alpha value is -4.03. The summed E-state index contributed by atoms with van der Waals surface area (Å²) < 4.78 is 0. The molecule has 2 heterocycles. The lowest BCUT2D eigenvalue weighted by atomic mass is 9.83. The van der Waals surface area contributed by atoms with E-state index in [2.05, 4.69) is 42.5 Å². The lowest BCUT2D eigenvalue weighted by molar-refractivity contribution is -0.143. The zero-order chi connectivity index (χ0) is 53.3. The summed E-state index contributed by atoms with van der Waals surface area (Å²) in [6, 6.07) is 3.68. The van der Waals surface area contributed by atoms with Gasteiger partial charge in [0.05, 0.1) is 12.1 Å². The molecule has 7 rings (SSSR count). The van der Waals surface area contributed by atoms with Gasteiger partial charge < -0.3 is 52.3 Å². The maximum atomic E-state index is 14.4. The van der Waals surface area contributed by atoms with Crippen LogP contribution in [-0.4, -0.2) is 146 Å². The molecule has 434 valence electrons. The number of nitrogens with one attached hydrogen (secondary N) is 8. The van der Waals surface area contributed by atoms with Gasteiger partial charge in [-0.05, 0) is 147 Å². The first-order valence-electron chi connectivity index (χ1n) is 29.6. The SMILES string of the molecule is CN[C@@H](C)C(=O)N[C@H](C(=O)N1CCCC1CN[C@H](CNC(=O)c1cccc(C(=O)NC[C@@H](NC(=O)C2CCCN2C(=O)[C@@H](NC(=O)[C@H](C)NC)C2CCCCC2)C2CCCCC2)c1)C1CCCCC1)C1CCCCC1.Cl.Cl. The molecule has 8 atom stereocenters. The van der Waals surface area contributed by atoms with E-state index in [0.717, 1.165) is 135 Å². The molecule has 19 heteroatoms. The predicted octanol–water partition coefficient (Wildman–Crippen LogP) is 5.92. The first-order chi connectivity index (χ1) is 36.4. The van der Waals surface area contributed by atoms with Crippen LogP contribution in [0.25, 0.3) is 0 Å². The van der Waals surface area contributed by atoms with Crippen molar-refractivity contribution in [3.05, 3.63) is 35.4 Å². The molecular weight excluding hydrogens is 1020 g/mol. The van der Waals surface area contributed by atoms with Gasteiger partial charge in [0.25, 0.3) is 11.8 Å². The average molecular weight is 1120 g/mol. The van der Waals surface area contributed by atoms with Gasteiger partial charge >= 0.3 is 0 Å². The van der Waals surface area contributed by atoms with Crippen LogP contribution in [0.5, 0.6) is 0 Å². The van der Waals surface area contributed by atoms with Gasteiger partial charge in [-0.1, -0.05) is 83.1 Å². The zero-order valence-electron chi connectivity index (χ0n) is 46.8. The number of nitrogens with zero attached hydrogens (tertiary/aromatic N) is 2. The van der Waals surface area contributed by atoms with E-state index >= 15 is 0 Å². The van der Waals surface area contributed by atoms with Gasteiger partial charge in [0.2, 0.25) is 29.5 Å². The van der Waals surface area contributed by atoms with Crippen molar-refractivity contribution in [1.29, 1.82) is 0 Å². The van der Waals surface area contributed by atoms with Crippen LogP contribution in [0.1, 0.15) is 189 Å². The molecule has 7 amide bonds. The van der Waals surface area contributed by atoms with Crippen molar-refractivity contribution in [3.8, 4) is 0 Å². The summed E-state index contributed by atoms with van der Waals surface area (Å²) in [5.41, 5.74) is 0.732. The maximum Gasteiger partial charge on any atom is 0.251 e. The number of rotatable bonds is 23. The summed E-state index contributed by atoms with van der Waals surface area (Å²) in [6.45, 7) is 5.93. The number of amides is 7. The van der Waals surface area contributed by atoms with Gasteiger partial charge in [0.15, 0.2) is 0 Å². The summed E-state index contributed by atoms with van der Waals surface area (Å²) in [7, 11) is 3.48. The number of carbonyl (C=O) groups excluding carboxylic acids is 7. The lowest BCUT2D eigenvalue weighted by Crippen LogP contribution is -2.59. The third kappa shape index (κ3) is 17.7. The minimum Gasteiger partial charge on any atom is -0.350 e. The second-order valence-electron chi connectivity index (χ2n) is 23.2. The summed E-state index contributed by atoms with van der Waals surface area (Å²) >= 11 is 0. The van der Waals surface area contributed by atoms with Crippen molar-refractivity contribution in [3.63, 3.8) is 0 Å². The molecule has 0 radical (unpaired) electrons. The largest absolute Gasteiger partial charge is 0.350 e. The monoisotopic (exact) mass is 1110 g/mol. The Morgan fingerprint density at radius 3 is 1.40 bits per heavy atom. The van der Waals surface area contributed by atoms with Gasteiger partial charge in [-0.3, -0.25) is 33.6 Å². The third-order valence-corrected chi connectivity index (χ3v) is 18.3. The van der Waals surface area contributed by atoms with E-state index < -0.39 is 30.2 Å². The van der Waals surface area contributed by atoms with Crippen LogP contribution in [0, 0.1) is 23.7 Å². The number of likely N-dealkylation sites (N-methyl/N-ethyl adjacent to an activating group) is 2. The van der Waals surface area contributed by atoms with Crippen molar-refractivity contribution < 1.29 is 33.6 Å². The smallest absolute Gasteiger partial charge is 0.251 e. The van der Waals surface area contributed by atoms with E-state index in [1.165, 1.54) is 6.42 Å². The molecule has 1 aromatic rings. The molecule has 77 heavy (non-hydrogen) atoms. The second-order valence-corrected chi connectivity index (χ2v) is 23.2. The Morgan fingerprint density at radius 2 is 0.922 bits per heavy atom. The highest BCUT2D eigenvalue weighted by atomic mass is 35.5. The van der Waals surface area contributed by atoms with Crippen LogP contribution in [0.3, 0.4) is 0 Å². The maximum absolute atomic E-state index is 14.4. The lowest BCUT2D eigenvalue weighted by Gasteiger charge is -2.37. The van der Waals surface area contributed by atoms with E-state index in [1.54, 1.807) is 50.2 Å². The molecule has 2 unspecified atom stereocenters. The number of hydrogen-bond donors (Lipinski definition) is 8. The van der Waals surface area contributed by atoms with Crippen molar-refractivity contribution in [1.82, 2.24) is 52.3 Å². The van der Waals surface area contributed by atoms with Crippen LogP contribution >= 0.6 is 24.8 Å². The normalized spacial score (nSPS) is 23.2. The average Bonchev–Trinajstić information content (AvgIpc) is 4.16. The second kappa shape index (κ2) is 32.3. The Bertz CT molecular complexity index is 2060. The van der Waals surface area contributed by atoms with Gasteiger partial charge in [-0.15, -0.1) is 24.8 Å².